The number of aliphatic hydroxyl groups is 1. The van der Waals surface area contributed by atoms with E-state index >= 15 is 0 Å². The number of hydrogen-bond donors (Lipinski definition) is 2. The molecule has 1 fully saturated rings. The molecule has 1 aliphatic heterocycles. The average molecular weight is 361 g/mol. The van der Waals surface area contributed by atoms with E-state index in [1.165, 1.54) is 4.90 Å². The number of benzene rings is 1. The van der Waals surface area contributed by atoms with Gasteiger partial charge in [-0.15, -0.1) is 0 Å². The van der Waals surface area contributed by atoms with Crippen LogP contribution in [0, 0.1) is 3.57 Å². The standard InChI is InChI=1S/C13H16INO3/c14-10-5-3-4-9(8-10)12(16)11-6-1-2-7-15(11)13(17)18/h3-5,8,11-12,16H,1-2,6-7H2,(H,17,18)/t11-,12-/m0/s1. The normalized spacial score (nSPS) is 21.7. The largest absolute Gasteiger partial charge is 0.465 e. The monoisotopic (exact) mass is 361 g/mol. The third-order valence-electron chi connectivity index (χ3n) is 3.35. The Balaban J connectivity index is 2.20. The molecule has 0 unspecified atom stereocenters. The van der Waals surface area contributed by atoms with Gasteiger partial charge in [-0.25, -0.2) is 4.79 Å². The SMILES string of the molecule is O=C(O)N1CCCC[C@H]1[C@@H](O)c1cccc(I)c1. The summed E-state index contributed by atoms with van der Waals surface area (Å²) in [4.78, 5) is 12.5. The van der Waals surface area contributed by atoms with Crippen LogP contribution in [0.3, 0.4) is 0 Å². The zero-order chi connectivity index (χ0) is 13.1. The number of carbonyl (C=O) groups is 1. The molecule has 0 saturated carbocycles. The number of piperidine rings is 1. The predicted octanol–water partition coefficient (Wildman–Crippen LogP) is 2.86. The number of likely N-dealkylation sites (tertiary alicyclic amines) is 1. The van der Waals surface area contributed by atoms with Crippen molar-refractivity contribution in [2.24, 2.45) is 0 Å². The van der Waals surface area contributed by atoms with Gasteiger partial charge in [0.25, 0.3) is 0 Å². The molecule has 1 heterocycles. The predicted molar refractivity (Wildman–Crippen MR) is 76.5 cm³/mol. The molecule has 5 heteroatoms. The Labute approximate surface area is 120 Å². The summed E-state index contributed by atoms with van der Waals surface area (Å²) in [7, 11) is 0. The first-order chi connectivity index (χ1) is 8.59. The molecule has 0 spiro atoms. The summed E-state index contributed by atoms with van der Waals surface area (Å²) in [6.45, 7) is 0.515. The van der Waals surface area contributed by atoms with E-state index < -0.39 is 12.2 Å². The van der Waals surface area contributed by atoms with Gasteiger partial charge in [0.1, 0.15) is 0 Å². The maximum Gasteiger partial charge on any atom is 0.407 e. The molecular formula is C13H16INO3. The molecule has 0 aliphatic carbocycles. The van der Waals surface area contributed by atoms with Gasteiger partial charge in [-0.05, 0) is 59.5 Å². The molecule has 1 aromatic rings. The topological polar surface area (TPSA) is 60.8 Å². The molecule has 2 N–H and O–H groups in total. The van der Waals surface area contributed by atoms with E-state index in [2.05, 4.69) is 22.6 Å². The molecular weight excluding hydrogens is 345 g/mol. The molecule has 0 radical (unpaired) electrons. The highest BCUT2D eigenvalue weighted by Gasteiger charge is 2.32. The number of nitrogens with zero attached hydrogens (tertiary/aromatic N) is 1. The fourth-order valence-electron chi connectivity index (χ4n) is 2.44. The molecule has 18 heavy (non-hydrogen) atoms. The number of rotatable bonds is 2. The molecule has 0 bridgehead atoms. The zero-order valence-corrected chi connectivity index (χ0v) is 12.1. The van der Waals surface area contributed by atoms with E-state index in [-0.39, 0.29) is 6.04 Å². The van der Waals surface area contributed by atoms with Gasteiger partial charge in [0.2, 0.25) is 0 Å². The van der Waals surface area contributed by atoms with Crippen LogP contribution >= 0.6 is 22.6 Å². The van der Waals surface area contributed by atoms with E-state index in [1.54, 1.807) is 0 Å². The minimum Gasteiger partial charge on any atom is -0.465 e. The van der Waals surface area contributed by atoms with Crippen LogP contribution in [0.4, 0.5) is 4.79 Å². The van der Waals surface area contributed by atoms with Crippen LogP contribution < -0.4 is 0 Å². The lowest BCUT2D eigenvalue weighted by molar-refractivity contribution is 0.0285. The lowest BCUT2D eigenvalue weighted by Gasteiger charge is -2.36. The second-order valence-corrected chi connectivity index (χ2v) is 5.78. The summed E-state index contributed by atoms with van der Waals surface area (Å²) in [6, 6.07) is 7.26. The van der Waals surface area contributed by atoms with Crippen molar-refractivity contribution in [3.05, 3.63) is 33.4 Å². The summed E-state index contributed by atoms with van der Waals surface area (Å²) < 4.78 is 1.04. The van der Waals surface area contributed by atoms with Crippen LogP contribution in [0.1, 0.15) is 30.9 Å². The molecule has 98 valence electrons. The lowest BCUT2D eigenvalue weighted by Crippen LogP contribution is -2.46. The fraction of sp³-hybridized carbons (Fsp3) is 0.462. The van der Waals surface area contributed by atoms with Crippen molar-refractivity contribution >= 4 is 28.7 Å². The number of halogens is 1. The fourth-order valence-corrected chi connectivity index (χ4v) is 3.00. The summed E-state index contributed by atoms with van der Waals surface area (Å²) in [6.07, 6.45) is 0.886. The Morgan fingerprint density at radius 3 is 2.89 bits per heavy atom. The smallest absolute Gasteiger partial charge is 0.407 e. The van der Waals surface area contributed by atoms with Crippen LogP contribution in [-0.4, -0.2) is 33.8 Å². The van der Waals surface area contributed by atoms with Crippen LogP contribution in [0.5, 0.6) is 0 Å². The van der Waals surface area contributed by atoms with E-state index in [4.69, 9.17) is 0 Å². The summed E-state index contributed by atoms with van der Waals surface area (Å²) in [5, 5.41) is 19.6. The maximum atomic E-state index is 11.2. The molecule has 4 nitrogen and oxygen atoms in total. The van der Waals surface area contributed by atoms with Gasteiger partial charge in [-0.3, -0.25) is 0 Å². The van der Waals surface area contributed by atoms with E-state index in [0.717, 1.165) is 28.4 Å². The lowest BCUT2D eigenvalue weighted by atomic mass is 9.93. The third kappa shape index (κ3) is 2.95. The van der Waals surface area contributed by atoms with Gasteiger partial charge in [-0.2, -0.15) is 0 Å². The molecule has 1 aromatic carbocycles. The second-order valence-electron chi connectivity index (χ2n) is 4.54. The van der Waals surface area contributed by atoms with Crippen molar-refractivity contribution in [2.75, 3.05) is 6.54 Å². The van der Waals surface area contributed by atoms with Gasteiger partial charge < -0.3 is 15.1 Å². The molecule has 1 amide bonds. The Bertz CT molecular complexity index is 438. The maximum absolute atomic E-state index is 11.2. The van der Waals surface area contributed by atoms with E-state index in [0.29, 0.717) is 6.54 Å². The van der Waals surface area contributed by atoms with Crippen LogP contribution in [-0.2, 0) is 0 Å². The molecule has 2 rings (SSSR count). The van der Waals surface area contributed by atoms with E-state index in [1.807, 2.05) is 24.3 Å². The highest BCUT2D eigenvalue weighted by molar-refractivity contribution is 14.1. The summed E-state index contributed by atoms with van der Waals surface area (Å²) >= 11 is 2.19. The zero-order valence-electron chi connectivity index (χ0n) is 9.92. The minimum absolute atomic E-state index is 0.325. The average Bonchev–Trinajstić information content (AvgIpc) is 2.38. The molecule has 0 aromatic heterocycles. The van der Waals surface area contributed by atoms with E-state index in [9.17, 15) is 15.0 Å². The van der Waals surface area contributed by atoms with Crippen molar-refractivity contribution in [1.29, 1.82) is 0 Å². The van der Waals surface area contributed by atoms with Gasteiger partial charge in [-0.1, -0.05) is 12.1 Å². The molecule has 2 atom stereocenters. The Hall–Kier alpha value is -0.820. The Morgan fingerprint density at radius 2 is 2.22 bits per heavy atom. The first-order valence-electron chi connectivity index (χ1n) is 6.02. The number of hydrogen-bond acceptors (Lipinski definition) is 2. The van der Waals surface area contributed by atoms with Crippen molar-refractivity contribution in [2.45, 2.75) is 31.4 Å². The Kier molecular flexibility index (Phi) is 4.45. The van der Waals surface area contributed by atoms with Crippen LogP contribution in [0.15, 0.2) is 24.3 Å². The van der Waals surface area contributed by atoms with Crippen LogP contribution in [0.25, 0.3) is 0 Å². The molecule has 1 aliphatic rings. The Morgan fingerprint density at radius 1 is 1.44 bits per heavy atom. The first kappa shape index (κ1) is 13.6. The summed E-state index contributed by atoms with van der Waals surface area (Å²) in [5.41, 5.74) is 0.792. The van der Waals surface area contributed by atoms with Gasteiger partial charge in [0.15, 0.2) is 0 Å². The highest BCUT2D eigenvalue weighted by atomic mass is 127. The van der Waals surface area contributed by atoms with Crippen molar-refractivity contribution < 1.29 is 15.0 Å². The van der Waals surface area contributed by atoms with Crippen LogP contribution in [0.2, 0.25) is 0 Å². The first-order valence-corrected chi connectivity index (χ1v) is 7.10. The second kappa shape index (κ2) is 5.88. The van der Waals surface area contributed by atoms with Gasteiger partial charge in [0, 0.05) is 10.1 Å². The minimum atomic E-state index is -0.940. The summed E-state index contributed by atoms with van der Waals surface area (Å²) in [5.74, 6) is 0. The highest BCUT2D eigenvalue weighted by Crippen LogP contribution is 2.29. The number of amides is 1. The van der Waals surface area contributed by atoms with Crippen molar-refractivity contribution in [3.63, 3.8) is 0 Å². The van der Waals surface area contributed by atoms with Gasteiger partial charge in [0.05, 0.1) is 12.1 Å². The quantitative estimate of drug-likeness (QED) is 0.797. The van der Waals surface area contributed by atoms with Gasteiger partial charge >= 0.3 is 6.09 Å². The third-order valence-corrected chi connectivity index (χ3v) is 4.02. The number of carboxylic acid groups (broad SMARTS) is 1. The van der Waals surface area contributed by atoms with Crippen molar-refractivity contribution in [1.82, 2.24) is 4.90 Å². The molecule has 1 saturated heterocycles. The van der Waals surface area contributed by atoms with Crippen molar-refractivity contribution in [3.8, 4) is 0 Å². The number of aliphatic hydroxyl groups excluding tert-OH is 1.